The quantitative estimate of drug-likeness (QED) is 0.903. The molecule has 0 aliphatic heterocycles. The maximum Gasteiger partial charge on any atom is 0.140 e. The van der Waals surface area contributed by atoms with Crippen LogP contribution in [0, 0.1) is 0 Å². The average Bonchev–Trinajstić information content (AvgIpc) is 2.42. The molecule has 1 aromatic heterocycles. The van der Waals surface area contributed by atoms with Crippen molar-refractivity contribution in [2.45, 2.75) is 50.5 Å². The van der Waals surface area contributed by atoms with Crippen molar-refractivity contribution in [3.05, 3.63) is 28.5 Å². The summed E-state index contributed by atoms with van der Waals surface area (Å²) in [6.07, 6.45) is 8.79. The highest BCUT2D eigenvalue weighted by molar-refractivity contribution is 9.10. The van der Waals surface area contributed by atoms with Crippen molar-refractivity contribution in [3.8, 4) is 0 Å². The molecule has 0 bridgehead atoms. The van der Waals surface area contributed by atoms with E-state index in [1.165, 1.54) is 19.3 Å². The molecule has 4 heteroatoms. The first-order valence-corrected chi connectivity index (χ1v) is 7.74. The first-order chi connectivity index (χ1) is 9.13. The number of hydrogen-bond donors (Lipinski definition) is 1. The van der Waals surface area contributed by atoms with E-state index in [2.05, 4.69) is 26.2 Å². The zero-order chi connectivity index (χ0) is 13.7. The number of pyridine rings is 1. The Balaban J connectivity index is 1.94. The molecule has 3 nitrogen and oxygen atoms in total. The van der Waals surface area contributed by atoms with Crippen molar-refractivity contribution in [1.82, 2.24) is 10.3 Å². The van der Waals surface area contributed by atoms with E-state index >= 15 is 0 Å². The lowest BCUT2D eigenvalue weighted by molar-refractivity contribution is -0.120. The van der Waals surface area contributed by atoms with Gasteiger partial charge in [0.2, 0.25) is 0 Å². The van der Waals surface area contributed by atoms with Crippen LogP contribution >= 0.6 is 15.9 Å². The summed E-state index contributed by atoms with van der Waals surface area (Å²) in [4.78, 5) is 16.5. The summed E-state index contributed by atoms with van der Waals surface area (Å²) < 4.78 is 0.947. The Hall–Kier alpha value is -0.740. The Bertz CT molecular complexity index is 424. The Morgan fingerprint density at radius 1 is 1.37 bits per heavy atom. The number of halogens is 1. The van der Waals surface area contributed by atoms with E-state index in [0.29, 0.717) is 12.8 Å². The molecule has 0 aromatic carbocycles. The van der Waals surface area contributed by atoms with Crippen LogP contribution in [0.15, 0.2) is 22.8 Å². The number of aromatic nitrogens is 1. The van der Waals surface area contributed by atoms with Crippen LogP contribution in [-0.4, -0.2) is 23.4 Å². The third kappa shape index (κ3) is 4.11. The maximum absolute atomic E-state index is 12.2. The molecule has 0 spiro atoms. The van der Waals surface area contributed by atoms with Crippen molar-refractivity contribution in [3.63, 3.8) is 0 Å². The van der Waals surface area contributed by atoms with Gasteiger partial charge in [0, 0.05) is 34.7 Å². The van der Waals surface area contributed by atoms with E-state index in [9.17, 15) is 4.79 Å². The van der Waals surface area contributed by atoms with Crippen LogP contribution in [0.5, 0.6) is 0 Å². The molecule has 1 N–H and O–H groups in total. The molecule has 0 amide bonds. The summed E-state index contributed by atoms with van der Waals surface area (Å²) in [5, 5.41) is 3.39. The van der Waals surface area contributed by atoms with E-state index in [0.717, 1.165) is 23.0 Å². The van der Waals surface area contributed by atoms with E-state index in [1.54, 1.807) is 6.20 Å². The Kier molecular flexibility index (Phi) is 5.11. The van der Waals surface area contributed by atoms with Gasteiger partial charge in [0.25, 0.3) is 0 Å². The van der Waals surface area contributed by atoms with Crippen LogP contribution in [-0.2, 0) is 11.2 Å². The minimum atomic E-state index is 0.0324. The highest BCUT2D eigenvalue weighted by Crippen LogP contribution is 2.31. The fraction of sp³-hybridized carbons (Fsp3) is 0.600. The molecule has 1 fully saturated rings. The summed E-state index contributed by atoms with van der Waals surface area (Å²) in [7, 11) is 1.98. The molecule has 1 saturated carbocycles. The molecular formula is C15H21BrN2O. The molecule has 19 heavy (non-hydrogen) atoms. The fourth-order valence-corrected chi connectivity index (χ4v) is 3.13. The van der Waals surface area contributed by atoms with Gasteiger partial charge < -0.3 is 5.32 Å². The van der Waals surface area contributed by atoms with E-state index < -0.39 is 0 Å². The normalized spacial score (nSPS) is 18.2. The number of nitrogens with zero attached hydrogens (tertiary/aromatic N) is 1. The largest absolute Gasteiger partial charge is 0.314 e. The van der Waals surface area contributed by atoms with E-state index in [-0.39, 0.29) is 11.3 Å². The second-order valence-corrected chi connectivity index (χ2v) is 6.37. The topological polar surface area (TPSA) is 42.0 Å². The van der Waals surface area contributed by atoms with Crippen molar-refractivity contribution in [2.75, 3.05) is 7.05 Å². The van der Waals surface area contributed by atoms with Gasteiger partial charge in [0.05, 0.1) is 0 Å². The first kappa shape index (κ1) is 14.7. The van der Waals surface area contributed by atoms with Gasteiger partial charge in [-0.15, -0.1) is 0 Å². The minimum Gasteiger partial charge on any atom is -0.314 e. The summed E-state index contributed by atoms with van der Waals surface area (Å²) in [5.74, 6) is 0.283. The lowest BCUT2D eigenvalue weighted by Crippen LogP contribution is -2.46. The Morgan fingerprint density at radius 2 is 2.11 bits per heavy atom. The first-order valence-electron chi connectivity index (χ1n) is 6.95. The molecular weight excluding hydrogens is 304 g/mol. The van der Waals surface area contributed by atoms with Gasteiger partial charge in [0.15, 0.2) is 0 Å². The molecule has 0 unspecified atom stereocenters. The van der Waals surface area contributed by atoms with Crippen molar-refractivity contribution >= 4 is 21.7 Å². The second kappa shape index (κ2) is 6.62. The fourth-order valence-electron chi connectivity index (χ4n) is 2.90. The highest BCUT2D eigenvalue weighted by Gasteiger charge is 2.32. The standard InChI is InChI=1S/C15H21BrN2O/c1-17-15(7-3-2-4-8-15)10-14(19)9-13-6-5-12(16)11-18-13/h5-6,11,17H,2-4,7-10H2,1H3. The third-order valence-electron chi connectivity index (χ3n) is 4.04. The molecule has 1 aliphatic rings. The lowest BCUT2D eigenvalue weighted by atomic mass is 9.78. The molecule has 1 aliphatic carbocycles. The molecule has 104 valence electrons. The van der Waals surface area contributed by atoms with Gasteiger partial charge in [0.1, 0.15) is 5.78 Å². The summed E-state index contributed by atoms with van der Waals surface area (Å²) in [5.41, 5.74) is 0.889. The molecule has 0 atom stereocenters. The van der Waals surface area contributed by atoms with Crippen molar-refractivity contribution in [2.24, 2.45) is 0 Å². The SMILES string of the molecule is CNC1(CC(=O)Cc2ccc(Br)cn2)CCCCC1. The Labute approximate surface area is 123 Å². The Morgan fingerprint density at radius 3 is 2.68 bits per heavy atom. The highest BCUT2D eigenvalue weighted by atomic mass is 79.9. The lowest BCUT2D eigenvalue weighted by Gasteiger charge is -2.36. The zero-order valence-electron chi connectivity index (χ0n) is 11.4. The van der Waals surface area contributed by atoms with Crippen LogP contribution in [0.2, 0.25) is 0 Å². The number of rotatable bonds is 5. The predicted molar refractivity (Wildman–Crippen MR) is 80.1 cm³/mol. The maximum atomic E-state index is 12.2. The van der Waals surface area contributed by atoms with Gasteiger partial charge in [-0.2, -0.15) is 0 Å². The number of carbonyl (C=O) groups is 1. The molecule has 1 heterocycles. The van der Waals surface area contributed by atoms with Gasteiger partial charge in [-0.05, 0) is 48.0 Å². The average molecular weight is 325 g/mol. The van der Waals surface area contributed by atoms with Crippen LogP contribution in [0.4, 0.5) is 0 Å². The van der Waals surface area contributed by atoms with Crippen molar-refractivity contribution < 1.29 is 4.79 Å². The molecule has 1 aromatic rings. The van der Waals surface area contributed by atoms with Crippen molar-refractivity contribution in [1.29, 1.82) is 0 Å². The summed E-state index contributed by atoms with van der Waals surface area (Å²) in [6, 6.07) is 3.85. The van der Waals surface area contributed by atoms with E-state index in [4.69, 9.17) is 0 Å². The number of carbonyl (C=O) groups excluding carboxylic acids is 1. The molecule has 2 rings (SSSR count). The zero-order valence-corrected chi connectivity index (χ0v) is 13.0. The smallest absolute Gasteiger partial charge is 0.140 e. The molecule has 0 saturated heterocycles. The van der Waals surface area contributed by atoms with E-state index in [1.807, 2.05) is 19.2 Å². The van der Waals surface area contributed by atoms with Crippen LogP contribution < -0.4 is 5.32 Å². The predicted octanol–water partition coefficient (Wildman–Crippen LogP) is 3.27. The second-order valence-electron chi connectivity index (χ2n) is 5.45. The van der Waals surface area contributed by atoms with Crippen LogP contribution in [0.1, 0.15) is 44.2 Å². The number of ketones is 1. The number of Topliss-reactive ketones (excluding diaryl/α,β-unsaturated/α-hetero) is 1. The monoisotopic (exact) mass is 324 g/mol. The minimum absolute atomic E-state index is 0.0324. The summed E-state index contributed by atoms with van der Waals surface area (Å²) >= 11 is 3.35. The van der Waals surface area contributed by atoms with Crippen LogP contribution in [0.3, 0.4) is 0 Å². The van der Waals surface area contributed by atoms with Gasteiger partial charge in [-0.25, -0.2) is 0 Å². The third-order valence-corrected chi connectivity index (χ3v) is 4.51. The molecule has 0 radical (unpaired) electrons. The van der Waals surface area contributed by atoms with Gasteiger partial charge in [-0.1, -0.05) is 19.3 Å². The number of nitrogens with one attached hydrogen (secondary N) is 1. The van der Waals surface area contributed by atoms with Crippen LogP contribution in [0.25, 0.3) is 0 Å². The summed E-state index contributed by atoms with van der Waals surface area (Å²) in [6.45, 7) is 0. The van der Waals surface area contributed by atoms with Gasteiger partial charge in [-0.3, -0.25) is 9.78 Å². The van der Waals surface area contributed by atoms with Gasteiger partial charge >= 0.3 is 0 Å². The number of hydrogen-bond acceptors (Lipinski definition) is 3.